The molecular weight excluding hydrogens is 428 g/mol. The second-order valence-electron chi connectivity index (χ2n) is 7.90. The summed E-state index contributed by atoms with van der Waals surface area (Å²) in [6.45, 7) is 10.7. The van der Waals surface area contributed by atoms with Crippen LogP contribution < -0.4 is 14.8 Å². The van der Waals surface area contributed by atoms with Gasteiger partial charge in [0.25, 0.3) is 5.91 Å². The van der Waals surface area contributed by atoms with Gasteiger partial charge in [-0.3, -0.25) is 9.59 Å². The average Bonchev–Trinajstić information content (AvgIpc) is 2.72. The first kappa shape index (κ1) is 25.5. The van der Waals surface area contributed by atoms with Crippen molar-refractivity contribution in [1.29, 1.82) is 0 Å². The molecule has 0 aromatic heterocycles. The van der Waals surface area contributed by atoms with Gasteiger partial charge in [-0.15, -0.1) is 0 Å². The highest BCUT2D eigenvalue weighted by Crippen LogP contribution is 2.37. The van der Waals surface area contributed by atoms with Gasteiger partial charge in [-0.2, -0.15) is 0 Å². The smallest absolute Gasteiger partial charge is 0.254 e. The molecule has 32 heavy (non-hydrogen) atoms. The lowest BCUT2D eigenvalue weighted by molar-refractivity contribution is -0.116. The number of aryl methyl sites for hydroxylation is 3. The van der Waals surface area contributed by atoms with Crippen LogP contribution in [0.5, 0.6) is 11.5 Å². The molecule has 0 heterocycles. The number of carbonyl (C=O) groups excluding carboxylic acids is 2. The number of benzene rings is 2. The first-order valence-electron chi connectivity index (χ1n) is 10.9. The summed E-state index contributed by atoms with van der Waals surface area (Å²) in [7, 11) is 1.58. The topological polar surface area (TPSA) is 67.9 Å². The van der Waals surface area contributed by atoms with Gasteiger partial charge < -0.3 is 19.7 Å². The van der Waals surface area contributed by atoms with E-state index in [0.717, 1.165) is 35.2 Å². The third-order valence-corrected chi connectivity index (χ3v) is 5.25. The number of unbranched alkanes of at least 4 members (excludes halogenated alkanes) is 1. The van der Waals surface area contributed by atoms with Crippen LogP contribution in [-0.4, -0.2) is 43.5 Å². The molecule has 7 heteroatoms. The molecule has 0 fully saturated rings. The lowest BCUT2D eigenvalue weighted by atomic mass is 10.1. The van der Waals surface area contributed by atoms with E-state index in [2.05, 4.69) is 12.2 Å². The number of anilines is 1. The van der Waals surface area contributed by atoms with Crippen molar-refractivity contribution in [2.75, 3.05) is 32.1 Å². The van der Waals surface area contributed by atoms with Gasteiger partial charge in [-0.25, -0.2) is 0 Å². The second-order valence-corrected chi connectivity index (χ2v) is 8.31. The molecule has 0 bridgehead atoms. The van der Waals surface area contributed by atoms with Crippen LogP contribution in [0.2, 0.25) is 5.02 Å². The summed E-state index contributed by atoms with van der Waals surface area (Å²) in [5.41, 5.74) is 4.21. The predicted octanol–water partition coefficient (Wildman–Crippen LogP) is 5.55. The van der Waals surface area contributed by atoms with Gasteiger partial charge in [0.15, 0.2) is 11.5 Å². The Balaban J connectivity index is 2.15. The van der Waals surface area contributed by atoms with Crippen LogP contribution in [0.25, 0.3) is 0 Å². The zero-order valence-electron chi connectivity index (χ0n) is 19.8. The van der Waals surface area contributed by atoms with Crippen LogP contribution >= 0.6 is 11.6 Å². The summed E-state index contributed by atoms with van der Waals surface area (Å²) < 4.78 is 11.4. The monoisotopic (exact) mass is 460 g/mol. The van der Waals surface area contributed by atoms with Crippen LogP contribution in [0.3, 0.4) is 0 Å². The molecule has 0 spiro atoms. The fraction of sp³-hybridized carbons (Fsp3) is 0.440. The molecule has 0 aliphatic rings. The van der Waals surface area contributed by atoms with Gasteiger partial charge in [0.1, 0.15) is 0 Å². The number of hydrogen-bond donors (Lipinski definition) is 1. The summed E-state index contributed by atoms with van der Waals surface area (Å²) >= 11 is 6.40. The minimum atomic E-state index is -0.333. The number of ether oxygens (including phenoxy) is 2. The molecule has 0 atom stereocenters. The van der Waals surface area contributed by atoms with Crippen LogP contribution in [0.4, 0.5) is 5.69 Å². The van der Waals surface area contributed by atoms with Crippen molar-refractivity contribution in [2.45, 2.75) is 47.5 Å². The van der Waals surface area contributed by atoms with Gasteiger partial charge in [-0.1, -0.05) is 42.6 Å². The van der Waals surface area contributed by atoms with E-state index in [1.165, 1.54) is 4.90 Å². The molecule has 2 rings (SSSR count). The SMILES string of the molecule is CCCCOc1c(Cl)cc(C(=O)N(C)CC(=O)Nc2c(C)cc(C)cc2C)cc1OCC. The highest BCUT2D eigenvalue weighted by molar-refractivity contribution is 6.32. The first-order valence-corrected chi connectivity index (χ1v) is 11.3. The number of hydrogen-bond acceptors (Lipinski definition) is 4. The van der Waals surface area contributed by atoms with Crippen LogP contribution in [-0.2, 0) is 4.79 Å². The van der Waals surface area contributed by atoms with Gasteiger partial charge in [0.2, 0.25) is 5.91 Å². The van der Waals surface area contributed by atoms with E-state index in [9.17, 15) is 9.59 Å². The summed E-state index contributed by atoms with van der Waals surface area (Å²) in [5, 5.41) is 3.23. The van der Waals surface area contributed by atoms with E-state index >= 15 is 0 Å². The minimum absolute atomic E-state index is 0.0953. The number of halogens is 1. The average molecular weight is 461 g/mol. The number of likely N-dealkylation sites (N-methyl/N-ethyl adjacent to an activating group) is 1. The van der Waals surface area contributed by atoms with Crippen molar-refractivity contribution >= 4 is 29.1 Å². The summed E-state index contributed by atoms with van der Waals surface area (Å²) in [4.78, 5) is 26.9. The summed E-state index contributed by atoms with van der Waals surface area (Å²) in [6.07, 6.45) is 1.88. The van der Waals surface area contributed by atoms with Crippen LogP contribution in [0.15, 0.2) is 24.3 Å². The molecule has 0 aliphatic heterocycles. The zero-order valence-corrected chi connectivity index (χ0v) is 20.6. The molecule has 0 radical (unpaired) electrons. The summed E-state index contributed by atoms with van der Waals surface area (Å²) in [5.74, 6) is 0.249. The van der Waals surface area contributed by atoms with Crippen molar-refractivity contribution in [2.24, 2.45) is 0 Å². The third kappa shape index (κ3) is 6.63. The fourth-order valence-corrected chi connectivity index (χ4v) is 3.74. The maximum Gasteiger partial charge on any atom is 0.254 e. The Morgan fingerprint density at radius 3 is 2.28 bits per heavy atom. The lowest BCUT2D eigenvalue weighted by Crippen LogP contribution is -2.35. The van der Waals surface area contributed by atoms with Gasteiger partial charge in [-0.05, 0) is 57.4 Å². The maximum atomic E-state index is 13.0. The van der Waals surface area contributed by atoms with E-state index in [0.29, 0.717) is 35.3 Å². The molecule has 174 valence electrons. The van der Waals surface area contributed by atoms with Crippen molar-refractivity contribution < 1.29 is 19.1 Å². The molecule has 6 nitrogen and oxygen atoms in total. The van der Waals surface area contributed by atoms with Crippen LogP contribution in [0, 0.1) is 20.8 Å². The maximum absolute atomic E-state index is 13.0. The Morgan fingerprint density at radius 1 is 1.03 bits per heavy atom. The normalized spacial score (nSPS) is 10.6. The minimum Gasteiger partial charge on any atom is -0.490 e. The van der Waals surface area contributed by atoms with Crippen molar-refractivity contribution in [3.05, 3.63) is 51.5 Å². The number of nitrogens with zero attached hydrogens (tertiary/aromatic N) is 1. The second kappa shape index (κ2) is 11.8. The van der Waals surface area contributed by atoms with Crippen molar-refractivity contribution in [3.63, 3.8) is 0 Å². The lowest BCUT2D eigenvalue weighted by Gasteiger charge is -2.20. The van der Waals surface area contributed by atoms with E-state index in [4.69, 9.17) is 21.1 Å². The standard InChI is InChI=1S/C25H33ClN2O4/c1-7-9-10-32-24-20(26)13-19(14-21(24)31-8-2)25(30)28(6)15-22(29)27-23-17(4)11-16(3)12-18(23)5/h11-14H,7-10,15H2,1-6H3,(H,27,29). The molecular formula is C25H33ClN2O4. The zero-order chi connectivity index (χ0) is 23.8. The number of amides is 2. The van der Waals surface area contributed by atoms with Crippen LogP contribution in [0.1, 0.15) is 53.7 Å². The Bertz CT molecular complexity index is 952. The molecule has 0 saturated carbocycles. The van der Waals surface area contributed by atoms with Crippen molar-refractivity contribution in [3.8, 4) is 11.5 Å². The third-order valence-electron chi connectivity index (χ3n) is 4.97. The van der Waals surface area contributed by atoms with Gasteiger partial charge in [0.05, 0.1) is 24.8 Å². The summed E-state index contributed by atoms with van der Waals surface area (Å²) in [6, 6.07) is 7.19. The first-order chi connectivity index (χ1) is 15.2. The Hall–Kier alpha value is -2.73. The molecule has 2 aromatic carbocycles. The van der Waals surface area contributed by atoms with E-state index in [1.54, 1.807) is 19.2 Å². The number of nitrogens with one attached hydrogen (secondary N) is 1. The highest BCUT2D eigenvalue weighted by Gasteiger charge is 2.21. The Morgan fingerprint density at radius 2 is 1.69 bits per heavy atom. The molecule has 2 amide bonds. The molecule has 1 N–H and O–H groups in total. The highest BCUT2D eigenvalue weighted by atomic mass is 35.5. The largest absolute Gasteiger partial charge is 0.490 e. The Kier molecular flexibility index (Phi) is 9.39. The number of carbonyl (C=O) groups is 2. The van der Waals surface area contributed by atoms with E-state index < -0.39 is 0 Å². The fourth-order valence-electron chi connectivity index (χ4n) is 3.48. The molecule has 2 aromatic rings. The molecule has 0 aliphatic carbocycles. The number of rotatable bonds is 10. The quantitative estimate of drug-likeness (QED) is 0.472. The molecule has 0 unspecified atom stereocenters. The van der Waals surface area contributed by atoms with Crippen molar-refractivity contribution in [1.82, 2.24) is 4.90 Å². The predicted molar refractivity (Wildman–Crippen MR) is 129 cm³/mol. The van der Waals surface area contributed by atoms with E-state index in [1.807, 2.05) is 39.8 Å². The molecule has 0 saturated heterocycles. The van der Waals surface area contributed by atoms with E-state index in [-0.39, 0.29) is 18.4 Å². The van der Waals surface area contributed by atoms with Gasteiger partial charge in [0, 0.05) is 18.3 Å². The van der Waals surface area contributed by atoms with Gasteiger partial charge >= 0.3 is 0 Å². The Labute approximate surface area is 195 Å².